The zero-order chi connectivity index (χ0) is 18.5. The fourth-order valence-electron chi connectivity index (χ4n) is 3.03. The van der Waals surface area contributed by atoms with Crippen molar-refractivity contribution in [2.24, 2.45) is 0 Å². The van der Waals surface area contributed by atoms with Crippen molar-refractivity contribution in [2.75, 3.05) is 31.1 Å². The number of nitrogens with zero attached hydrogens (tertiary/aromatic N) is 2. The van der Waals surface area contributed by atoms with E-state index >= 15 is 0 Å². The van der Waals surface area contributed by atoms with Crippen LogP contribution in [0, 0.1) is 5.82 Å². The molecule has 1 atom stereocenters. The molecule has 1 amide bonds. The van der Waals surface area contributed by atoms with Crippen LogP contribution in [0.4, 0.5) is 10.1 Å². The van der Waals surface area contributed by atoms with Crippen LogP contribution in [-0.4, -0.2) is 42.2 Å². The Morgan fingerprint density at radius 1 is 1.08 bits per heavy atom. The third-order valence-corrected chi connectivity index (χ3v) is 6.14. The quantitative estimate of drug-likeness (QED) is 0.689. The minimum atomic E-state index is -0.229. The summed E-state index contributed by atoms with van der Waals surface area (Å²) in [6.07, 6.45) is 0.782. The summed E-state index contributed by atoms with van der Waals surface area (Å²) < 4.78 is 13.1. The Bertz CT molecular complexity index is 730. The Morgan fingerprint density at radius 3 is 2.27 bits per heavy atom. The second-order valence-corrected chi connectivity index (χ2v) is 7.97. The zero-order valence-corrected chi connectivity index (χ0v) is 16.3. The van der Waals surface area contributed by atoms with Gasteiger partial charge in [0.15, 0.2) is 0 Å². The van der Waals surface area contributed by atoms with Crippen molar-refractivity contribution in [3.63, 3.8) is 0 Å². The predicted octanol–water partition coefficient (Wildman–Crippen LogP) is 4.70. The summed E-state index contributed by atoms with van der Waals surface area (Å²) in [5.74, 6) is -0.0428. The van der Waals surface area contributed by atoms with Crippen LogP contribution in [0.15, 0.2) is 53.4 Å². The maximum Gasteiger partial charge on any atom is 0.236 e. The van der Waals surface area contributed by atoms with Gasteiger partial charge in [-0.05, 0) is 55.0 Å². The van der Waals surface area contributed by atoms with Crippen LogP contribution < -0.4 is 4.90 Å². The molecule has 1 fully saturated rings. The lowest BCUT2D eigenvalue weighted by atomic mass is 10.2. The maximum absolute atomic E-state index is 13.1. The number of anilines is 1. The van der Waals surface area contributed by atoms with Crippen LogP contribution in [0.3, 0.4) is 0 Å². The van der Waals surface area contributed by atoms with Gasteiger partial charge >= 0.3 is 0 Å². The summed E-state index contributed by atoms with van der Waals surface area (Å²) >= 11 is 7.52. The molecule has 0 aromatic heterocycles. The Hall–Kier alpha value is -1.72. The molecule has 3 rings (SSSR count). The second-order valence-electron chi connectivity index (χ2n) is 6.26. The van der Waals surface area contributed by atoms with E-state index in [0.29, 0.717) is 18.1 Å². The van der Waals surface area contributed by atoms with Gasteiger partial charge in [0.2, 0.25) is 5.91 Å². The highest BCUT2D eigenvalue weighted by Gasteiger charge is 2.27. The van der Waals surface area contributed by atoms with Crippen LogP contribution in [0.1, 0.15) is 13.3 Å². The molecule has 2 aromatic rings. The number of carbonyl (C=O) groups is 1. The molecule has 0 bridgehead atoms. The van der Waals surface area contributed by atoms with Gasteiger partial charge < -0.3 is 9.80 Å². The highest BCUT2D eigenvalue weighted by atomic mass is 35.5. The zero-order valence-electron chi connectivity index (χ0n) is 14.7. The lowest BCUT2D eigenvalue weighted by Crippen LogP contribution is -2.51. The van der Waals surface area contributed by atoms with Gasteiger partial charge in [-0.3, -0.25) is 4.79 Å². The molecule has 6 heteroatoms. The van der Waals surface area contributed by atoms with Crippen molar-refractivity contribution in [1.29, 1.82) is 0 Å². The van der Waals surface area contributed by atoms with E-state index in [-0.39, 0.29) is 17.0 Å². The lowest BCUT2D eigenvalue weighted by Gasteiger charge is -2.37. The van der Waals surface area contributed by atoms with Crippen molar-refractivity contribution in [2.45, 2.75) is 23.5 Å². The largest absolute Gasteiger partial charge is 0.368 e. The van der Waals surface area contributed by atoms with Gasteiger partial charge in [-0.2, -0.15) is 0 Å². The summed E-state index contributed by atoms with van der Waals surface area (Å²) in [6, 6.07) is 14.1. The summed E-state index contributed by atoms with van der Waals surface area (Å²) in [7, 11) is 0. The van der Waals surface area contributed by atoms with Crippen molar-refractivity contribution in [3.05, 3.63) is 59.4 Å². The summed E-state index contributed by atoms with van der Waals surface area (Å²) in [4.78, 5) is 18.1. The molecule has 138 valence electrons. The van der Waals surface area contributed by atoms with Gasteiger partial charge in [0.05, 0.1) is 5.25 Å². The fourth-order valence-corrected chi connectivity index (χ4v) is 4.19. The molecule has 0 spiro atoms. The summed E-state index contributed by atoms with van der Waals surface area (Å²) in [5, 5.41) is 0.610. The first-order chi connectivity index (χ1) is 12.6. The van der Waals surface area contributed by atoms with Crippen LogP contribution in [0.2, 0.25) is 5.02 Å². The number of halogens is 2. The number of rotatable bonds is 5. The van der Waals surface area contributed by atoms with Gasteiger partial charge in [-0.25, -0.2) is 4.39 Å². The number of piperazine rings is 1. The van der Waals surface area contributed by atoms with Crippen molar-refractivity contribution < 1.29 is 9.18 Å². The molecular weight excluding hydrogens is 371 g/mol. The molecular formula is C20H22ClFN2OS. The minimum absolute atomic E-state index is 0.0893. The molecule has 1 aliphatic heterocycles. The van der Waals surface area contributed by atoms with E-state index in [1.54, 1.807) is 23.9 Å². The van der Waals surface area contributed by atoms with Crippen LogP contribution >= 0.6 is 23.4 Å². The van der Waals surface area contributed by atoms with Crippen molar-refractivity contribution in [1.82, 2.24) is 4.90 Å². The van der Waals surface area contributed by atoms with Crippen molar-refractivity contribution >= 4 is 35.0 Å². The average Bonchev–Trinajstić information content (AvgIpc) is 2.68. The maximum atomic E-state index is 13.1. The van der Waals surface area contributed by atoms with E-state index < -0.39 is 0 Å². The standard InChI is InChI=1S/C20H22ClFN2OS/c1-2-19(26-18-9-3-15(21)4-10-18)20(25)24-13-11-23(12-14-24)17-7-5-16(22)6-8-17/h3-10,19H,2,11-14H2,1H3. The second kappa shape index (κ2) is 8.78. The first kappa shape index (κ1) is 19.1. The molecule has 0 radical (unpaired) electrons. The van der Waals surface area contributed by atoms with E-state index in [1.165, 1.54) is 12.1 Å². The Morgan fingerprint density at radius 2 is 1.69 bits per heavy atom. The first-order valence-electron chi connectivity index (χ1n) is 8.78. The molecule has 0 aliphatic carbocycles. The normalized spacial score (nSPS) is 15.8. The number of hydrogen-bond donors (Lipinski definition) is 0. The molecule has 1 heterocycles. The number of carbonyl (C=O) groups excluding carboxylic acids is 1. The number of thioether (sulfide) groups is 1. The highest BCUT2D eigenvalue weighted by molar-refractivity contribution is 8.00. The summed E-state index contributed by atoms with van der Waals surface area (Å²) in [6.45, 7) is 4.95. The topological polar surface area (TPSA) is 23.6 Å². The van der Waals surface area contributed by atoms with Crippen LogP contribution in [0.5, 0.6) is 0 Å². The van der Waals surface area contributed by atoms with Gasteiger partial charge in [-0.1, -0.05) is 18.5 Å². The van der Waals surface area contributed by atoms with Crippen molar-refractivity contribution in [3.8, 4) is 0 Å². The van der Waals surface area contributed by atoms with Gasteiger partial charge in [0.1, 0.15) is 5.82 Å². The van der Waals surface area contributed by atoms with E-state index in [4.69, 9.17) is 11.6 Å². The molecule has 1 saturated heterocycles. The van der Waals surface area contributed by atoms with Crippen LogP contribution in [-0.2, 0) is 4.79 Å². The molecule has 2 aromatic carbocycles. The number of hydrogen-bond acceptors (Lipinski definition) is 3. The minimum Gasteiger partial charge on any atom is -0.368 e. The number of benzene rings is 2. The third-order valence-electron chi connectivity index (χ3n) is 4.52. The number of amides is 1. The van der Waals surface area contributed by atoms with E-state index in [0.717, 1.165) is 30.1 Å². The first-order valence-corrected chi connectivity index (χ1v) is 10.0. The van der Waals surface area contributed by atoms with Gasteiger partial charge in [-0.15, -0.1) is 11.8 Å². The molecule has 1 unspecified atom stereocenters. The Labute approximate surface area is 163 Å². The molecule has 26 heavy (non-hydrogen) atoms. The SMILES string of the molecule is CCC(Sc1ccc(Cl)cc1)C(=O)N1CCN(c2ccc(F)cc2)CC1. The average molecular weight is 393 g/mol. The molecule has 1 aliphatic rings. The molecule has 0 saturated carbocycles. The van der Waals surface area contributed by atoms with Crippen LogP contribution in [0.25, 0.3) is 0 Å². The smallest absolute Gasteiger partial charge is 0.236 e. The fraction of sp³-hybridized carbons (Fsp3) is 0.350. The molecule has 3 nitrogen and oxygen atoms in total. The van der Waals surface area contributed by atoms with Gasteiger partial charge in [0.25, 0.3) is 0 Å². The third kappa shape index (κ3) is 4.71. The Balaban J connectivity index is 1.57. The lowest BCUT2D eigenvalue weighted by molar-refractivity contribution is -0.130. The highest BCUT2D eigenvalue weighted by Crippen LogP contribution is 2.28. The van der Waals surface area contributed by atoms with Gasteiger partial charge in [0, 0.05) is 41.8 Å². The summed E-state index contributed by atoms with van der Waals surface area (Å²) in [5.41, 5.74) is 1.00. The monoisotopic (exact) mass is 392 g/mol. The Kier molecular flexibility index (Phi) is 6.43. The predicted molar refractivity (Wildman–Crippen MR) is 107 cm³/mol. The van der Waals surface area contributed by atoms with E-state index in [2.05, 4.69) is 4.90 Å². The van der Waals surface area contributed by atoms with E-state index in [9.17, 15) is 9.18 Å². The molecule has 0 N–H and O–H groups in total. The van der Waals surface area contributed by atoms with E-state index in [1.807, 2.05) is 36.1 Å².